The zero-order valence-corrected chi connectivity index (χ0v) is 15.0. The highest BCUT2D eigenvalue weighted by Crippen LogP contribution is 2.25. The van der Waals surface area contributed by atoms with Crippen LogP contribution in [0.5, 0.6) is 0 Å². The average molecular weight is 366 g/mol. The molecule has 2 N–H and O–H groups in total. The Morgan fingerprint density at radius 2 is 2.21 bits per heavy atom. The lowest BCUT2D eigenvalue weighted by Crippen LogP contribution is -2.39. The van der Waals surface area contributed by atoms with Gasteiger partial charge in [0.05, 0.1) is 6.54 Å². The zero-order chi connectivity index (χ0) is 16.8. The lowest BCUT2D eigenvalue weighted by molar-refractivity contribution is 0.375. The monoisotopic (exact) mass is 365 g/mol. The predicted octanol–water partition coefficient (Wildman–Crippen LogP) is 2.95. The lowest BCUT2D eigenvalue weighted by atomic mass is 10.2. The third-order valence-electron chi connectivity index (χ3n) is 3.72. The first-order chi connectivity index (χ1) is 11.7. The molecular formula is C16H20ClN5OS. The zero-order valence-electron chi connectivity index (χ0n) is 13.5. The first-order valence-electron chi connectivity index (χ1n) is 7.89. The summed E-state index contributed by atoms with van der Waals surface area (Å²) in [5.74, 6) is 3.06. The number of halogens is 1. The molecule has 128 valence electrons. The van der Waals surface area contributed by atoms with E-state index >= 15 is 0 Å². The van der Waals surface area contributed by atoms with Gasteiger partial charge < -0.3 is 15.2 Å². The Labute approximate surface area is 150 Å². The van der Waals surface area contributed by atoms with E-state index in [1.165, 1.54) is 18.6 Å². The second kappa shape index (κ2) is 8.39. The first-order valence-corrected chi connectivity index (χ1v) is 9.32. The van der Waals surface area contributed by atoms with Crippen molar-refractivity contribution >= 4 is 29.3 Å². The van der Waals surface area contributed by atoms with E-state index in [0.717, 1.165) is 18.1 Å². The number of nitrogens with zero attached hydrogens (tertiary/aromatic N) is 3. The van der Waals surface area contributed by atoms with Crippen molar-refractivity contribution in [3.8, 4) is 11.4 Å². The topological polar surface area (TPSA) is 75.3 Å². The standard InChI is InChI=1S/C16H20ClN5OS/c1-18-16(19-9-13-3-2-8-24-13)20-10-14-21-15(22-23-14)11-4-6-12(17)7-5-11/h4-7,13H,2-3,8-10H2,1H3,(H2,18,19,20). The summed E-state index contributed by atoms with van der Waals surface area (Å²) in [5.41, 5.74) is 0.871. The summed E-state index contributed by atoms with van der Waals surface area (Å²) in [4.78, 5) is 8.60. The molecule has 2 heterocycles. The fourth-order valence-electron chi connectivity index (χ4n) is 2.44. The van der Waals surface area contributed by atoms with Crippen LogP contribution in [0.25, 0.3) is 11.4 Å². The maximum Gasteiger partial charge on any atom is 0.246 e. The van der Waals surface area contributed by atoms with Crippen LogP contribution in [0.15, 0.2) is 33.8 Å². The van der Waals surface area contributed by atoms with Crippen LogP contribution < -0.4 is 10.6 Å². The van der Waals surface area contributed by atoms with Gasteiger partial charge in [-0.15, -0.1) is 0 Å². The molecule has 1 fully saturated rings. The third kappa shape index (κ3) is 4.64. The number of thioether (sulfide) groups is 1. The van der Waals surface area contributed by atoms with Gasteiger partial charge >= 0.3 is 0 Å². The van der Waals surface area contributed by atoms with Crippen molar-refractivity contribution in [2.24, 2.45) is 4.99 Å². The molecule has 0 aliphatic carbocycles. The molecule has 0 saturated carbocycles. The molecule has 1 aromatic heterocycles. The van der Waals surface area contributed by atoms with Gasteiger partial charge in [-0.3, -0.25) is 4.99 Å². The Morgan fingerprint density at radius 1 is 1.38 bits per heavy atom. The van der Waals surface area contributed by atoms with E-state index in [0.29, 0.717) is 28.5 Å². The number of benzene rings is 1. The minimum absolute atomic E-state index is 0.429. The lowest BCUT2D eigenvalue weighted by Gasteiger charge is -2.13. The number of hydrogen-bond acceptors (Lipinski definition) is 5. The van der Waals surface area contributed by atoms with Crippen molar-refractivity contribution in [1.82, 2.24) is 20.8 Å². The number of hydrogen-bond donors (Lipinski definition) is 2. The van der Waals surface area contributed by atoms with Gasteiger partial charge in [0.2, 0.25) is 11.7 Å². The molecule has 0 spiro atoms. The van der Waals surface area contributed by atoms with Crippen molar-refractivity contribution in [3.05, 3.63) is 35.2 Å². The fraction of sp³-hybridized carbons (Fsp3) is 0.438. The molecule has 1 atom stereocenters. The Morgan fingerprint density at radius 3 is 2.92 bits per heavy atom. The smallest absolute Gasteiger partial charge is 0.246 e. The van der Waals surface area contributed by atoms with Crippen LogP contribution in [0.1, 0.15) is 18.7 Å². The van der Waals surface area contributed by atoms with E-state index in [4.69, 9.17) is 16.1 Å². The van der Waals surface area contributed by atoms with Crippen molar-refractivity contribution in [3.63, 3.8) is 0 Å². The minimum atomic E-state index is 0.429. The molecule has 3 rings (SSSR count). The largest absolute Gasteiger partial charge is 0.355 e. The molecule has 0 amide bonds. The van der Waals surface area contributed by atoms with E-state index in [-0.39, 0.29) is 0 Å². The number of rotatable bonds is 5. The number of nitrogens with one attached hydrogen (secondary N) is 2. The highest BCUT2D eigenvalue weighted by molar-refractivity contribution is 8.00. The molecule has 8 heteroatoms. The average Bonchev–Trinajstić information content (AvgIpc) is 3.27. The number of aliphatic imine (C=N–C) groups is 1. The third-order valence-corrected chi connectivity index (χ3v) is 5.37. The molecule has 6 nitrogen and oxygen atoms in total. The van der Waals surface area contributed by atoms with E-state index in [9.17, 15) is 0 Å². The molecule has 2 aromatic rings. The first kappa shape index (κ1) is 17.1. The normalized spacial score (nSPS) is 17.9. The highest BCUT2D eigenvalue weighted by atomic mass is 35.5. The van der Waals surface area contributed by atoms with Crippen molar-refractivity contribution in [2.45, 2.75) is 24.6 Å². The van der Waals surface area contributed by atoms with Gasteiger partial charge in [0.1, 0.15) is 0 Å². The summed E-state index contributed by atoms with van der Waals surface area (Å²) in [6.45, 7) is 1.35. The SMILES string of the molecule is CN=C(NCc1nc(-c2ccc(Cl)cc2)no1)NCC1CCCS1. The number of aromatic nitrogens is 2. The van der Waals surface area contributed by atoms with Crippen LogP contribution in [0, 0.1) is 0 Å². The van der Waals surface area contributed by atoms with Crippen LogP contribution in [0.3, 0.4) is 0 Å². The molecule has 1 unspecified atom stereocenters. The highest BCUT2D eigenvalue weighted by Gasteiger charge is 2.16. The molecule has 0 bridgehead atoms. The summed E-state index contributed by atoms with van der Waals surface area (Å²) in [6, 6.07) is 7.34. The van der Waals surface area contributed by atoms with E-state index < -0.39 is 0 Å². The molecule has 1 aliphatic heterocycles. The van der Waals surface area contributed by atoms with Gasteiger partial charge in [-0.05, 0) is 42.9 Å². The van der Waals surface area contributed by atoms with Gasteiger partial charge in [-0.2, -0.15) is 16.7 Å². The quantitative estimate of drug-likeness (QED) is 0.626. The van der Waals surface area contributed by atoms with Crippen molar-refractivity contribution < 1.29 is 4.52 Å². The Kier molecular flexibility index (Phi) is 5.98. The second-order valence-electron chi connectivity index (χ2n) is 5.46. The number of guanidine groups is 1. The molecule has 1 aliphatic rings. The molecular weight excluding hydrogens is 346 g/mol. The van der Waals surface area contributed by atoms with Gasteiger partial charge in [0.25, 0.3) is 0 Å². The van der Waals surface area contributed by atoms with Crippen LogP contribution in [-0.4, -0.2) is 40.7 Å². The van der Waals surface area contributed by atoms with Crippen LogP contribution in [-0.2, 0) is 6.54 Å². The minimum Gasteiger partial charge on any atom is -0.355 e. The van der Waals surface area contributed by atoms with E-state index in [1.807, 2.05) is 23.9 Å². The molecule has 0 radical (unpaired) electrons. The Bertz CT molecular complexity index is 682. The Hall–Kier alpha value is -1.73. The summed E-state index contributed by atoms with van der Waals surface area (Å²) in [5, 5.41) is 11.9. The molecule has 1 aromatic carbocycles. The van der Waals surface area contributed by atoms with Gasteiger partial charge in [-0.1, -0.05) is 16.8 Å². The second-order valence-corrected chi connectivity index (χ2v) is 7.30. The van der Waals surface area contributed by atoms with Gasteiger partial charge in [-0.25, -0.2) is 0 Å². The van der Waals surface area contributed by atoms with Crippen molar-refractivity contribution in [1.29, 1.82) is 0 Å². The van der Waals surface area contributed by atoms with Crippen LogP contribution in [0.4, 0.5) is 0 Å². The fourth-order valence-corrected chi connectivity index (χ4v) is 3.77. The van der Waals surface area contributed by atoms with Crippen molar-refractivity contribution in [2.75, 3.05) is 19.3 Å². The maximum absolute atomic E-state index is 5.89. The molecule has 1 saturated heterocycles. The van der Waals surface area contributed by atoms with Crippen LogP contribution >= 0.6 is 23.4 Å². The predicted molar refractivity (Wildman–Crippen MR) is 98.4 cm³/mol. The van der Waals surface area contributed by atoms with Crippen LogP contribution in [0.2, 0.25) is 5.02 Å². The Balaban J connectivity index is 1.51. The summed E-state index contributed by atoms with van der Waals surface area (Å²) in [6.07, 6.45) is 2.57. The summed E-state index contributed by atoms with van der Waals surface area (Å²) >= 11 is 7.90. The summed E-state index contributed by atoms with van der Waals surface area (Å²) in [7, 11) is 1.75. The summed E-state index contributed by atoms with van der Waals surface area (Å²) < 4.78 is 5.28. The maximum atomic E-state index is 5.89. The van der Waals surface area contributed by atoms with E-state index in [2.05, 4.69) is 25.8 Å². The van der Waals surface area contributed by atoms with Gasteiger partial charge in [0.15, 0.2) is 5.96 Å². The van der Waals surface area contributed by atoms with E-state index in [1.54, 1.807) is 19.2 Å². The molecule has 24 heavy (non-hydrogen) atoms. The van der Waals surface area contributed by atoms with Gasteiger partial charge in [0, 0.05) is 29.4 Å².